The van der Waals surface area contributed by atoms with E-state index in [4.69, 9.17) is 4.98 Å². The summed E-state index contributed by atoms with van der Waals surface area (Å²) in [5.74, 6) is 1.37. The zero-order valence-corrected chi connectivity index (χ0v) is 14.0. The standard InChI is InChI=1S/C18H16N4OS/c1-10-4-2-7-13-14(10)15-17-20-16(11-5-3-6-12(23)8-11)21-22(17)9-19-18(15)24-13/h3,5-6,8-10,23H,2,4,7H2,1H3/t10-/m0/s1. The molecule has 5 rings (SSSR count). The van der Waals surface area contributed by atoms with Crippen molar-refractivity contribution in [1.82, 2.24) is 19.6 Å². The fourth-order valence-electron chi connectivity index (χ4n) is 3.65. The van der Waals surface area contributed by atoms with Crippen molar-refractivity contribution in [3.8, 4) is 17.1 Å². The van der Waals surface area contributed by atoms with Crippen molar-refractivity contribution in [3.63, 3.8) is 0 Å². The number of nitrogens with zero attached hydrogens (tertiary/aromatic N) is 4. The molecule has 0 aliphatic heterocycles. The van der Waals surface area contributed by atoms with Crippen molar-refractivity contribution >= 4 is 27.2 Å². The van der Waals surface area contributed by atoms with Crippen LogP contribution in [0.15, 0.2) is 30.6 Å². The number of fused-ring (bicyclic) bond motifs is 5. The molecular formula is C18H16N4OS. The highest BCUT2D eigenvalue weighted by Crippen LogP contribution is 2.42. The van der Waals surface area contributed by atoms with E-state index in [1.54, 1.807) is 40.4 Å². The van der Waals surface area contributed by atoms with E-state index in [0.717, 1.165) is 27.8 Å². The normalized spacial score (nSPS) is 17.5. The minimum Gasteiger partial charge on any atom is -0.508 e. The van der Waals surface area contributed by atoms with Gasteiger partial charge in [0, 0.05) is 10.4 Å². The molecule has 3 aromatic heterocycles. The first-order chi connectivity index (χ1) is 11.7. The zero-order chi connectivity index (χ0) is 16.3. The van der Waals surface area contributed by atoms with E-state index in [9.17, 15) is 5.11 Å². The number of phenols is 1. The Morgan fingerprint density at radius 3 is 3.12 bits per heavy atom. The molecular weight excluding hydrogens is 320 g/mol. The predicted octanol–water partition coefficient (Wildman–Crippen LogP) is 4.15. The molecule has 1 aliphatic rings. The van der Waals surface area contributed by atoms with Crippen molar-refractivity contribution in [3.05, 3.63) is 41.0 Å². The maximum absolute atomic E-state index is 9.71. The summed E-state index contributed by atoms with van der Waals surface area (Å²) in [4.78, 5) is 11.9. The molecule has 0 amide bonds. The topological polar surface area (TPSA) is 63.3 Å². The lowest BCUT2D eigenvalue weighted by atomic mass is 9.87. The molecule has 0 unspecified atom stereocenters. The van der Waals surface area contributed by atoms with Crippen LogP contribution in [0.4, 0.5) is 0 Å². The van der Waals surface area contributed by atoms with Crippen molar-refractivity contribution in [2.75, 3.05) is 0 Å². The number of aromatic hydroxyl groups is 1. The van der Waals surface area contributed by atoms with Gasteiger partial charge in [-0.3, -0.25) is 0 Å². The molecule has 24 heavy (non-hydrogen) atoms. The number of hydrogen-bond donors (Lipinski definition) is 1. The Labute approximate surface area is 142 Å². The summed E-state index contributed by atoms with van der Waals surface area (Å²) in [7, 11) is 0. The summed E-state index contributed by atoms with van der Waals surface area (Å²) >= 11 is 1.79. The number of rotatable bonds is 1. The highest BCUT2D eigenvalue weighted by atomic mass is 32.1. The molecule has 3 heterocycles. The van der Waals surface area contributed by atoms with Gasteiger partial charge in [0.1, 0.15) is 16.9 Å². The molecule has 0 spiro atoms. The fraction of sp³-hybridized carbons (Fsp3) is 0.278. The zero-order valence-electron chi connectivity index (χ0n) is 13.2. The molecule has 1 aromatic carbocycles. The SMILES string of the molecule is C[C@H]1CCCc2sc3ncn4nc(-c5cccc(O)c5)nc4c3c21. The summed E-state index contributed by atoms with van der Waals surface area (Å²) in [5, 5.41) is 15.4. The average molecular weight is 336 g/mol. The van der Waals surface area contributed by atoms with Crippen LogP contribution >= 0.6 is 11.3 Å². The third-order valence-corrected chi connectivity index (χ3v) is 5.95. The number of aromatic nitrogens is 4. The van der Waals surface area contributed by atoms with E-state index >= 15 is 0 Å². The van der Waals surface area contributed by atoms with Gasteiger partial charge in [-0.2, -0.15) is 0 Å². The molecule has 0 saturated heterocycles. The third kappa shape index (κ3) is 1.96. The van der Waals surface area contributed by atoms with Crippen LogP contribution in [0.25, 0.3) is 27.3 Å². The Bertz CT molecular complexity index is 1080. The van der Waals surface area contributed by atoms with Crippen molar-refractivity contribution in [2.45, 2.75) is 32.1 Å². The second-order valence-corrected chi connectivity index (χ2v) is 7.49. The predicted molar refractivity (Wildman–Crippen MR) is 94.6 cm³/mol. The van der Waals surface area contributed by atoms with E-state index < -0.39 is 0 Å². The monoisotopic (exact) mass is 336 g/mol. The molecule has 120 valence electrons. The van der Waals surface area contributed by atoms with E-state index in [-0.39, 0.29) is 5.75 Å². The highest BCUT2D eigenvalue weighted by Gasteiger charge is 2.25. The molecule has 4 aromatic rings. The molecule has 1 atom stereocenters. The van der Waals surface area contributed by atoms with E-state index in [1.165, 1.54) is 23.3 Å². The van der Waals surface area contributed by atoms with Gasteiger partial charge in [-0.25, -0.2) is 14.5 Å². The van der Waals surface area contributed by atoms with Crippen LogP contribution in [-0.4, -0.2) is 24.7 Å². The van der Waals surface area contributed by atoms with E-state index in [2.05, 4.69) is 17.0 Å². The van der Waals surface area contributed by atoms with Gasteiger partial charge in [-0.15, -0.1) is 16.4 Å². The number of phenolic OH excluding ortho intramolecular Hbond substituents is 1. The van der Waals surface area contributed by atoms with Crippen LogP contribution in [0.3, 0.4) is 0 Å². The van der Waals surface area contributed by atoms with Gasteiger partial charge in [-0.1, -0.05) is 19.1 Å². The summed E-state index contributed by atoms with van der Waals surface area (Å²) in [6.07, 6.45) is 5.34. The lowest BCUT2D eigenvalue weighted by molar-refractivity contribution is 0.475. The summed E-state index contributed by atoms with van der Waals surface area (Å²) in [5.41, 5.74) is 3.09. The number of thiophene rings is 1. The fourth-order valence-corrected chi connectivity index (χ4v) is 4.95. The number of benzene rings is 1. The lowest BCUT2D eigenvalue weighted by Crippen LogP contribution is -2.04. The summed E-state index contributed by atoms with van der Waals surface area (Å²) in [6, 6.07) is 7.05. The molecule has 6 heteroatoms. The lowest BCUT2D eigenvalue weighted by Gasteiger charge is -2.18. The Morgan fingerprint density at radius 1 is 1.33 bits per heavy atom. The maximum atomic E-state index is 9.71. The van der Waals surface area contributed by atoms with Crippen molar-refractivity contribution in [2.24, 2.45) is 0 Å². The Hall–Kier alpha value is -2.47. The quantitative estimate of drug-likeness (QED) is 0.567. The first-order valence-electron chi connectivity index (χ1n) is 8.17. The molecule has 0 radical (unpaired) electrons. The van der Waals surface area contributed by atoms with Gasteiger partial charge in [0.2, 0.25) is 0 Å². The van der Waals surface area contributed by atoms with Gasteiger partial charge in [0.05, 0.1) is 5.39 Å². The largest absolute Gasteiger partial charge is 0.508 e. The minimum atomic E-state index is 0.219. The van der Waals surface area contributed by atoms with Crippen LogP contribution in [0.5, 0.6) is 5.75 Å². The maximum Gasteiger partial charge on any atom is 0.182 e. The number of hydrogen-bond acceptors (Lipinski definition) is 5. The van der Waals surface area contributed by atoms with Crippen LogP contribution in [0, 0.1) is 0 Å². The first kappa shape index (κ1) is 13.9. The van der Waals surface area contributed by atoms with Crippen molar-refractivity contribution < 1.29 is 5.11 Å². The van der Waals surface area contributed by atoms with E-state index in [0.29, 0.717) is 11.7 Å². The van der Waals surface area contributed by atoms with E-state index in [1.807, 2.05) is 6.07 Å². The molecule has 5 nitrogen and oxygen atoms in total. The Kier molecular flexibility index (Phi) is 2.91. The highest BCUT2D eigenvalue weighted by molar-refractivity contribution is 7.19. The van der Waals surface area contributed by atoms with Crippen molar-refractivity contribution in [1.29, 1.82) is 0 Å². The minimum absolute atomic E-state index is 0.219. The van der Waals surface area contributed by atoms with Gasteiger partial charge in [0.15, 0.2) is 11.5 Å². The van der Waals surface area contributed by atoms with Gasteiger partial charge in [0.25, 0.3) is 0 Å². The first-order valence-corrected chi connectivity index (χ1v) is 8.98. The van der Waals surface area contributed by atoms with Gasteiger partial charge in [-0.05, 0) is 42.9 Å². The van der Waals surface area contributed by atoms with Crippen LogP contribution in [0.2, 0.25) is 0 Å². The summed E-state index contributed by atoms with van der Waals surface area (Å²) < 4.78 is 1.76. The second-order valence-electron chi connectivity index (χ2n) is 6.41. The number of aryl methyl sites for hydroxylation is 1. The molecule has 1 aliphatic carbocycles. The molecule has 1 N–H and O–H groups in total. The van der Waals surface area contributed by atoms with Gasteiger partial charge >= 0.3 is 0 Å². The molecule has 0 saturated carbocycles. The van der Waals surface area contributed by atoms with Crippen LogP contribution < -0.4 is 0 Å². The molecule has 0 fully saturated rings. The smallest absolute Gasteiger partial charge is 0.182 e. The van der Waals surface area contributed by atoms with Crippen LogP contribution in [0.1, 0.15) is 36.1 Å². The Morgan fingerprint density at radius 2 is 2.25 bits per heavy atom. The van der Waals surface area contributed by atoms with Gasteiger partial charge < -0.3 is 5.11 Å². The average Bonchev–Trinajstić information content (AvgIpc) is 3.16. The third-order valence-electron chi connectivity index (χ3n) is 4.78. The molecule has 0 bridgehead atoms. The summed E-state index contributed by atoms with van der Waals surface area (Å²) in [6.45, 7) is 2.29. The second kappa shape index (κ2) is 5.01. The Balaban J connectivity index is 1.80. The van der Waals surface area contributed by atoms with Crippen LogP contribution in [-0.2, 0) is 6.42 Å².